The molecule has 0 spiro atoms. The number of halogens is 2. The zero-order valence-electron chi connectivity index (χ0n) is 15.4. The molecule has 0 radical (unpaired) electrons. The topological polar surface area (TPSA) is 67.8 Å². The van der Waals surface area contributed by atoms with Crippen LogP contribution in [0.2, 0.25) is 10.0 Å². The Balaban J connectivity index is 1.73. The van der Waals surface area contributed by atoms with Crippen molar-refractivity contribution in [1.29, 1.82) is 0 Å². The maximum atomic E-state index is 12.4. The van der Waals surface area contributed by atoms with Gasteiger partial charge in [-0.15, -0.1) is 0 Å². The van der Waals surface area contributed by atoms with Crippen molar-refractivity contribution in [3.8, 4) is 5.75 Å². The summed E-state index contributed by atoms with van der Waals surface area (Å²) < 4.78 is 5.47. The molecule has 0 aromatic heterocycles. The molecule has 1 amide bonds. The summed E-state index contributed by atoms with van der Waals surface area (Å²) in [5.74, 6) is -0.644. The van der Waals surface area contributed by atoms with E-state index in [2.05, 4.69) is 10.5 Å². The van der Waals surface area contributed by atoms with Crippen molar-refractivity contribution >= 4 is 41.3 Å². The molecular weight excluding hydrogens is 411 g/mol. The number of rotatable bonds is 5. The molecule has 3 aromatic carbocycles. The predicted octanol–water partition coefficient (Wildman–Crippen LogP) is 5.28. The summed E-state index contributed by atoms with van der Waals surface area (Å²) in [5.41, 5.74) is 4.71. The van der Waals surface area contributed by atoms with E-state index < -0.39 is 11.9 Å². The second-order valence-electron chi connectivity index (χ2n) is 6.14. The smallest absolute Gasteiger partial charge is 0.343 e. The molecule has 3 rings (SSSR count). The summed E-state index contributed by atoms with van der Waals surface area (Å²) >= 11 is 11.8. The minimum atomic E-state index is -0.507. The molecule has 0 saturated heterocycles. The van der Waals surface area contributed by atoms with Gasteiger partial charge in [0.2, 0.25) is 0 Å². The van der Waals surface area contributed by atoms with Crippen LogP contribution in [0.4, 0.5) is 0 Å². The molecule has 0 aliphatic carbocycles. The van der Waals surface area contributed by atoms with Crippen molar-refractivity contribution in [2.75, 3.05) is 0 Å². The van der Waals surface area contributed by atoms with E-state index in [1.807, 2.05) is 19.1 Å². The molecule has 5 nitrogen and oxygen atoms in total. The van der Waals surface area contributed by atoms with Crippen LogP contribution in [0.1, 0.15) is 31.8 Å². The molecule has 1 N–H and O–H groups in total. The molecule has 0 fully saturated rings. The maximum Gasteiger partial charge on any atom is 0.343 e. The van der Waals surface area contributed by atoms with Gasteiger partial charge in [0.15, 0.2) is 0 Å². The van der Waals surface area contributed by atoms with Crippen molar-refractivity contribution in [2.45, 2.75) is 6.92 Å². The Morgan fingerprint density at radius 3 is 2.21 bits per heavy atom. The highest BCUT2D eigenvalue weighted by Crippen LogP contribution is 2.22. The average molecular weight is 427 g/mol. The van der Waals surface area contributed by atoms with Gasteiger partial charge >= 0.3 is 5.97 Å². The Bertz CT molecular complexity index is 1060. The van der Waals surface area contributed by atoms with E-state index in [1.165, 1.54) is 6.21 Å². The molecular formula is C22H16Cl2N2O3. The van der Waals surface area contributed by atoms with Gasteiger partial charge in [0.05, 0.1) is 11.8 Å². The Labute approximate surface area is 177 Å². The molecule has 0 atom stereocenters. The summed E-state index contributed by atoms with van der Waals surface area (Å²) in [7, 11) is 0. The molecule has 0 unspecified atom stereocenters. The van der Waals surface area contributed by atoms with Crippen molar-refractivity contribution in [1.82, 2.24) is 5.43 Å². The number of amides is 1. The lowest BCUT2D eigenvalue weighted by atomic mass is 10.1. The third kappa shape index (κ3) is 5.67. The SMILES string of the molecule is Cc1ccc(C(=O)Oc2ccc(Cl)cc2/C=N/NC(=O)c2ccc(Cl)cc2)cc1. The normalized spacial score (nSPS) is 10.7. The van der Waals surface area contributed by atoms with Crippen molar-refractivity contribution in [3.05, 3.63) is 99.0 Å². The molecule has 7 heteroatoms. The summed E-state index contributed by atoms with van der Waals surface area (Å²) in [5, 5.41) is 4.89. The van der Waals surface area contributed by atoms with Crippen LogP contribution in [0.15, 0.2) is 71.8 Å². The number of ether oxygens (including phenoxy) is 1. The van der Waals surface area contributed by atoms with Crippen molar-refractivity contribution in [3.63, 3.8) is 0 Å². The van der Waals surface area contributed by atoms with Gasteiger partial charge in [-0.2, -0.15) is 5.10 Å². The summed E-state index contributed by atoms with van der Waals surface area (Å²) in [6, 6.07) is 18.2. The lowest BCUT2D eigenvalue weighted by molar-refractivity contribution is 0.0734. The second-order valence-corrected chi connectivity index (χ2v) is 7.02. The summed E-state index contributed by atoms with van der Waals surface area (Å²) in [4.78, 5) is 24.5. The molecule has 146 valence electrons. The predicted molar refractivity (Wildman–Crippen MR) is 114 cm³/mol. The minimum absolute atomic E-state index is 0.268. The minimum Gasteiger partial charge on any atom is -0.422 e. The van der Waals surface area contributed by atoms with Crippen LogP contribution in [-0.2, 0) is 0 Å². The van der Waals surface area contributed by atoms with Gasteiger partial charge in [0.25, 0.3) is 5.91 Å². The molecule has 0 heterocycles. The van der Waals surface area contributed by atoms with Gasteiger partial charge in [-0.1, -0.05) is 40.9 Å². The maximum absolute atomic E-state index is 12.4. The van der Waals surface area contributed by atoms with E-state index in [0.717, 1.165) is 5.56 Å². The zero-order valence-corrected chi connectivity index (χ0v) is 16.9. The summed E-state index contributed by atoms with van der Waals surface area (Å²) in [6.45, 7) is 1.93. The highest BCUT2D eigenvalue weighted by molar-refractivity contribution is 6.31. The van der Waals surface area contributed by atoms with E-state index in [1.54, 1.807) is 54.6 Å². The third-order valence-corrected chi connectivity index (χ3v) is 4.42. The molecule has 0 aliphatic heterocycles. The number of hydrogen-bond acceptors (Lipinski definition) is 4. The van der Waals surface area contributed by atoms with E-state index in [0.29, 0.717) is 26.7 Å². The van der Waals surface area contributed by atoms with E-state index in [4.69, 9.17) is 27.9 Å². The number of benzene rings is 3. The highest BCUT2D eigenvalue weighted by atomic mass is 35.5. The molecule has 0 bridgehead atoms. The average Bonchev–Trinajstić information content (AvgIpc) is 2.70. The Hall–Kier alpha value is -3.15. The number of aryl methyl sites for hydroxylation is 1. The fraction of sp³-hybridized carbons (Fsp3) is 0.0455. The van der Waals surface area contributed by atoms with Crippen LogP contribution in [0.3, 0.4) is 0 Å². The zero-order chi connectivity index (χ0) is 20.8. The Kier molecular flexibility index (Phi) is 6.65. The number of esters is 1. The quantitative estimate of drug-likeness (QED) is 0.261. The fourth-order valence-corrected chi connectivity index (χ4v) is 2.69. The monoisotopic (exact) mass is 426 g/mol. The number of nitrogens with zero attached hydrogens (tertiary/aromatic N) is 1. The van der Waals surface area contributed by atoms with E-state index in [-0.39, 0.29) is 5.75 Å². The lowest BCUT2D eigenvalue weighted by Crippen LogP contribution is -2.17. The first-order chi connectivity index (χ1) is 13.9. The van der Waals surface area contributed by atoms with E-state index >= 15 is 0 Å². The van der Waals surface area contributed by atoms with Gasteiger partial charge in [-0.05, 0) is 61.5 Å². The second kappa shape index (κ2) is 9.37. The van der Waals surface area contributed by atoms with Crippen molar-refractivity contribution < 1.29 is 14.3 Å². The van der Waals surface area contributed by atoms with Crippen LogP contribution in [-0.4, -0.2) is 18.1 Å². The highest BCUT2D eigenvalue weighted by Gasteiger charge is 2.12. The van der Waals surface area contributed by atoms with E-state index in [9.17, 15) is 9.59 Å². The first kappa shape index (κ1) is 20.6. The van der Waals surface area contributed by atoms with Gasteiger partial charge < -0.3 is 4.74 Å². The Morgan fingerprint density at radius 1 is 0.897 bits per heavy atom. The van der Waals surface area contributed by atoms with Crippen LogP contribution in [0, 0.1) is 6.92 Å². The van der Waals surface area contributed by atoms with Crippen LogP contribution in [0.25, 0.3) is 0 Å². The number of hydrazone groups is 1. The molecule has 0 saturated carbocycles. The van der Waals surface area contributed by atoms with Crippen LogP contribution < -0.4 is 10.2 Å². The number of nitrogens with one attached hydrogen (secondary N) is 1. The standard InChI is InChI=1S/C22H16Cl2N2O3/c1-14-2-4-16(5-3-14)22(28)29-20-11-10-19(24)12-17(20)13-25-26-21(27)15-6-8-18(23)9-7-15/h2-13H,1H3,(H,26,27)/b25-13+. The lowest BCUT2D eigenvalue weighted by Gasteiger charge is -2.08. The van der Waals surface area contributed by atoms with Gasteiger partial charge in [-0.25, -0.2) is 10.2 Å². The van der Waals surface area contributed by atoms with Crippen LogP contribution >= 0.6 is 23.2 Å². The number of hydrogen-bond donors (Lipinski definition) is 1. The first-order valence-corrected chi connectivity index (χ1v) is 9.35. The molecule has 0 aliphatic rings. The van der Waals surface area contributed by atoms with Gasteiger partial charge in [0.1, 0.15) is 5.75 Å². The van der Waals surface area contributed by atoms with Gasteiger partial charge in [-0.3, -0.25) is 4.79 Å². The first-order valence-electron chi connectivity index (χ1n) is 8.60. The summed E-state index contributed by atoms with van der Waals surface area (Å²) in [6.07, 6.45) is 1.36. The van der Waals surface area contributed by atoms with Crippen LogP contribution in [0.5, 0.6) is 5.75 Å². The Morgan fingerprint density at radius 2 is 1.52 bits per heavy atom. The molecule has 29 heavy (non-hydrogen) atoms. The largest absolute Gasteiger partial charge is 0.422 e. The fourth-order valence-electron chi connectivity index (χ4n) is 2.39. The van der Waals surface area contributed by atoms with Gasteiger partial charge in [0, 0.05) is 21.2 Å². The van der Waals surface area contributed by atoms with Crippen molar-refractivity contribution in [2.24, 2.45) is 5.10 Å². The third-order valence-electron chi connectivity index (χ3n) is 3.94. The molecule has 3 aromatic rings. The number of carbonyl (C=O) groups excluding carboxylic acids is 2. The number of carbonyl (C=O) groups is 2.